The van der Waals surface area contributed by atoms with E-state index in [1.54, 1.807) is 27.8 Å². The Kier molecular flexibility index (Phi) is 4.97. The number of aryl methyl sites for hydroxylation is 2. The van der Waals surface area contributed by atoms with Gasteiger partial charge in [0.2, 0.25) is 11.7 Å². The van der Waals surface area contributed by atoms with Gasteiger partial charge in [0, 0.05) is 12.6 Å². The van der Waals surface area contributed by atoms with Crippen LogP contribution in [0.3, 0.4) is 0 Å². The molecule has 2 aromatic heterocycles. The second kappa shape index (κ2) is 7.10. The summed E-state index contributed by atoms with van der Waals surface area (Å²) in [6.45, 7) is 5.06. The van der Waals surface area contributed by atoms with Crippen LogP contribution in [-0.4, -0.2) is 36.4 Å². The molecule has 3 aromatic rings. The molecular weight excluding hydrogens is 375 g/mol. The molecule has 0 amide bonds. The average molecular weight is 393 g/mol. The molecule has 0 bridgehead atoms. The van der Waals surface area contributed by atoms with Crippen LogP contribution in [0.4, 0.5) is 13.2 Å². The molecule has 0 unspecified atom stereocenters. The molecule has 2 heterocycles. The van der Waals surface area contributed by atoms with E-state index in [0.717, 1.165) is 12.1 Å². The highest BCUT2D eigenvalue weighted by Gasteiger charge is 2.37. The van der Waals surface area contributed by atoms with Crippen LogP contribution >= 0.6 is 0 Å². The highest BCUT2D eigenvalue weighted by atomic mass is 19.4. The predicted molar refractivity (Wildman–Crippen MR) is 93.5 cm³/mol. The van der Waals surface area contributed by atoms with Crippen molar-refractivity contribution < 1.29 is 22.7 Å². The summed E-state index contributed by atoms with van der Waals surface area (Å²) in [6, 6.07) is 3.39. The Morgan fingerprint density at radius 1 is 1.25 bits per heavy atom. The number of ether oxygens (including phenoxy) is 1. The fourth-order valence-corrected chi connectivity index (χ4v) is 2.84. The van der Waals surface area contributed by atoms with Crippen molar-refractivity contribution in [2.24, 2.45) is 7.05 Å². The Labute approximate surface area is 158 Å². The predicted octanol–water partition coefficient (Wildman–Crippen LogP) is 3.35. The van der Waals surface area contributed by atoms with E-state index in [9.17, 15) is 18.0 Å². The van der Waals surface area contributed by atoms with Gasteiger partial charge in [-0.05, 0) is 39.0 Å². The molecule has 0 fully saturated rings. The van der Waals surface area contributed by atoms with Gasteiger partial charge in [0.15, 0.2) is 0 Å². The van der Waals surface area contributed by atoms with E-state index in [1.165, 1.54) is 28.1 Å². The summed E-state index contributed by atoms with van der Waals surface area (Å²) in [5, 5.41) is 7.95. The van der Waals surface area contributed by atoms with E-state index in [0.29, 0.717) is 0 Å². The third-order valence-corrected chi connectivity index (χ3v) is 3.98. The second-order valence-corrected chi connectivity index (χ2v) is 6.45. The number of nitrogens with zero attached hydrogens (tertiary/aromatic N) is 5. The summed E-state index contributed by atoms with van der Waals surface area (Å²) < 4.78 is 49.3. The number of alkyl halides is 3. The molecule has 3 rings (SSSR count). The quantitative estimate of drug-likeness (QED) is 0.622. The first-order valence-corrected chi connectivity index (χ1v) is 8.40. The van der Waals surface area contributed by atoms with Gasteiger partial charge in [-0.3, -0.25) is 4.79 Å². The van der Waals surface area contributed by atoms with Crippen LogP contribution in [0.15, 0.2) is 30.9 Å². The van der Waals surface area contributed by atoms with Gasteiger partial charge in [-0.15, -0.1) is 0 Å². The van der Waals surface area contributed by atoms with Crippen molar-refractivity contribution in [1.29, 1.82) is 0 Å². The van der Waals surface area contributed by atoms with Gasteiger partial charge in [0.25, 0.3) is 0 Å². The van der Waals surface area contributed by atoms with Gasteiger partial charge >= 0.3 is 6.18 Å². The lowest BCUT2D eigenvalue weighted by Crippen LogP contribution is -2.17. The molecule has 0 aliphatic carbocycles. The van der Waals surface area contributed by atoms with Crippen molar-refractivity contribution in [3.63, 3.8) is 0 Å². The first-order chi connectivity index (χ1) is 13.1. The fraction of sp³-hybridized carbons (Fsp3) is 0.333. The van der Waals surface area contributed by atoms with Gasteiger partial charge < -0.3 is 4.74 Å². The van der Waals surface area contributed by atoms with Crippen molar-refractivity contribution in [3.8, 4) is 11.6 Å². The summed E-state index contributed by atoms with van der Waals surface area (Å²) in [7, 11) is 1.57. The van der Waals surface area contributed by atoms with Gasteiger partial charge in [-0.1, -0.05) is 0 Å². The summed E-state index contributed by atoms with van der Waals surface area (Å²) in [6.07, 6.45) is -2.54. The number of carbonyl (C=O) groups is 1. The van der Waals surface area contributed by atoms with Crippen LogP contribution in [0, 0.1) is 6.92 Å². The molecule has 0 spiro atoms. The van der Waals surface area contributed by atoms with E-state index in [-0.39, 0.29) is 28.9 Å². The minimum absolute atomic E-state index is 0.00945. The third kappa shape index (κ3) is 3.62. The minimum atomic E-state index is -4.74. The molecule has 148 valence electrons. The largest absolute Gasteiger partial charge is 0.475 e. The van der Waals surface area contributed by atoms with Gasteiger partial charge in [0.1, 0.15) is 18.2 Å². The smallest absolute Gasteiger partial charge is 0.417 e. The molecule has 10 heteroatoms. The number of ketones is 1. The standard InChI is InChI=1S/C18H18F3N5O2/c1-10(2)28-17-15(11(3)24-25(17)4)16(27)13-6-5-12(26-9-22-8-23-26)7-14(13)18(19,20)21/h5-10H,1-4H3. The summed E-state index contributed by atoms with van der Waals surface area (Å²) in [5.74, 6) is -0.676. The lowest BCUT2D eigenvalue weighted by Gasteiger charge is -2.15. The lowest BCUT2D eigenvalue weighted by molar-refractivity contribution is -0.137. The topological polar surface area (TPSA) is 74.8 Å². The number of benzene rings is 1. The van der Waals surface area contributed by atoms with Gasteiger partial charge in [-0.25, -0.2) is 14.3 Å². The molecule has 7 nitrogen and oxygen atoms in total. The number of rotatable bonds is 5. The SMILES string of the molecule is Cc1nn(C)c(OC(C)C)c1C(=O)c1ccc(-n2cncn2)cc1C(F)(F)F. The van der Waals surface area contributed by atoms with Crippen LogP contribution in [0.5, 0.6) is 5.88 Å². The van der Waals surface area contributed by atoms with Crippen LogP contribution in [0.25, 0.3) is 5.69 Å². The van der Waals surface area contributed by atoms with E-state index in [4.69, 9.17) is 4.74 Å². The molecule has 0 N–H and O–H groups in total. The third-order valence-electron chi connectivity index (χ3n) is 3.98. The molecule has 0 atom stereocenters. The van der Waals surface area contributed by atoms with Crippen molar-refractivity contribution in [2.45, 2.75) is 33.1 Å². The van der Waals surface area contributed by atoms with Crippen molar-refractivity contribution in [2.75, 3.05) is 0 Å². The van der Waals surface area contributed by atoms with Crippen molar-refractivity contribution >= 4 is 5.78 Å². The van der Waals surface area contributed by atoms with Gasteiger partial charge in [-0.2, -0.15) is 23.4 Å². The van der Waals surface area contributed by atoms with Crippen LogP contribution in [0.2, 0.25) is 0 Å². The number of hydrogen-bond donors (Lipinski definition) is 0. The van der Waals surface area contributed by atoms with Crippen LogP contribution in [-0.2, 0) is 13.2 Å². The lowest BCUT2D eigenvalue weighted by atomic mass is 9.97. The Morgan fingerprint density at radius 3 is 2.54 bits per heavy atom. The Balaban J connectivity index is 2.15. The van der Waals surface area contributed by atoms with E-state index >= 15 is 0 Å². The molecule has 0 aliphatic rings. The zero-order chi connectivity index (χ0) is 20.6. The number of hydrogen-bond acceptors (Lipinski definition) is 5. The normalized spacial score (nSPS) is 11.9. The van der Waals surface area contributed by atoms with Gasteiger partial charge in [0.05, 0.1) is 23.0 Å². The Hall–Kier alpha value is -3.17. The first-order valence-electron chi connectivity index (χ1n) is 8.40. The minimum Gasteiger partial charge on any atom is -0.475 e. The molecule has 28 heavy (non-hydrogen) atoms. The summed E-state index contributed by atoms with van der Waals surface area (Å²) >= 11 is 0. The maximum absolute atomic E-state index is 13.7. The number of carbonyl (C=O) groups excluding carboxylic acids is 1. The number of halogens is 3. The van der Waals surface area contributed by atoms with E-state index in [1.807, 2.05) is 0 Å². The zero-order valence-corrected chi connectivity index (χ0v) is 15.7. The molecule has 0 radical (unpaired) electrons. The molecular formula is C18H18F3N5O2. The second-order valence-electron chi connectivity index (χ2n) is 6.45. The summed E-state index contributed by atoms with van der Waals surface area (Å²) in [5.41, 5.74) is -1.11. The monoisotopic (exact) mass is 393 g/mol. The van der Waals surface area contributed by atoms with Crippen molar-refractivity contribution in [1.82, 2.24) is 24.5 Å². The highest BCUT2D eigenvalue weighted by Crippen LogP contribution is 2.36. The molecule has 0 saturated carbocycles. The maximum atomic E-state index is 13.7. The highest BCUT2D eigenvalue weighted by molar-refractivity contribution is 6.12. The Bertz CT molecular complexity index is 1010. The van der Waals surface area contributed by atoms with E-state index < -0.39 is 23.1 Å². The van der Waals surface area contributed by atoms with E-state index in [2.05, 4.69) is 15.2 Å². The maximum Gasteiger partial charge on any atom is 0.417 e. The average Bonchev–Trinajstić information content (AvgIpc) is 3.22. The van der Waals surface area contributed by atoms with Crippen LogP contribution < -0.4 is 4.74 Å². The number of aromatic nitrogens is 5. The molecule has 0 aliphatic heterocycles. The molecule has 0 saturated heterocycles. The zero-order valence-electron chi connectivity index (χ0n) is 15.7. The summed E-state index contributed by atoms with van der Waals surface area (Å²) in [4.78, 5) is 16.8. The fourth-order valence-electron chi connectivity index (χ4n) is 2.84. The van der Waals surface area contributed by atoms with Crippen molar-refractivity contribution in [3.05, 3.63) is 53.2 Å². The Morgan fingerprint density at radius 2 is 1.96 bits per heavy atom. The molecule has 1 aromatic carbocycles. The first kappa shape index (κ1) is 19.6. The van der Waals surface area contributed by atoms with Crippen LogP contribution in [0.1, 0.15) is 41.0 Å².